The average Bonchev–Trinajstić information content (AvgIpc) is 3.55. The van der Waals surface area contributed by atoms with Crippen molar-refractivity contribution in [2.75, 3.05) is 33.5 Å². The van der Waals surface area contributed by atoms with E-state index in [1.807, 2.05) is 13.8 Å². The number of hydrogen-bond donors (Lipinski definition) is 1. The molecule has 0 bridgehead atoms. The molecule has 3 heterocycles. The van der Waals surface area contributed by atoms with E-state index in [0.29, 0.717) is 18.6 Å². The van der Waals surface area contributed by atoms with Gasteiger partial charge in [0.05, 0.1) is 13.2 Å². The number of hydrogen-bond acceptors (Lipinski definition) is 11. The summed E-state index contributed by atoms with van der Waals surface area (Å²) in [5.41, 5.74) is 5.79. The quantitative estimate of drug-likeness (QED) is 0.0767. The number of aromatic nitrogens is 1. The Balaban J connectivity index is 0.00000197. The third-order valence-corrected chi connectivity index (χ3v) is 9.63. The number of phosphoric ester groups is 1. The highest BCUT2D eigenvalue weighted by Crippen LogP contribution is 2.50. The predicted molar refractivity (Wildman–Crippen MR) is 181 cm³/mol. The number of nitrogens with zero attached hydrogens (tertiary/aromatic N) is 1. The van der Waals surface area contributed by atoms with Gasteiger partial charge in [-0.1, -0.05) is 84.0 Å². The summed E-state index contributed by atoms with van der Waals surface area (Å²) in [5, 5.41) is 8.89. The molecule has 1 amide bonds. The van der Waals surface area contributed by atoms with Gasteiger partial charge in [-0.2, -0.15) is 4.57 Å². The molecule has 2 N–H and O–H groups in total. The number of amides is 1. The molecular formula is C35H61N2O11P. The molecule has 2 aliphatic rings. The number of phosphoric acid groups is 1. The van der Waals surface area contributed by atoms with Gasteiger partial charge in [0.25, 0.3) is 12.1 Å². The van der Waals surface area contributed by atoms with Crippen LogP contribution in [0.25, 0.3) is 0 Å². The van der Waals surface area contributed by atoms with Crippen LogP contribution in [0.15, 0.2) is 24.5 Å². The number of carbonyl (C=O) groups excluding carboxylic acids is 2. The van der Waals surface area contributed by atoms with E-state index in [4.69, 9.17) is 48.2 Å². The van der Waals surface area contributed by atoms with Crippen LogP contribution in [0.1, 0.15) is 134 Å². The third-order valence-electron chi connectivity index (χ3n) is 8.22. The number of carboxylic acid groups (broad SMARTS) is 1. The van der Waals surface area contributed by atoms with Gasteiger partial charge in [-0.15, -0.1) is 0 Å². The first-order chi connectivity index (χ1) is 23.4. The lowest BCUT2D eigenvalue weighted by Gasteiger charge is -2.23. The number of pyridine rings is 1. The fourth-order valence-corrected chi connectivity index (χ4v) is 6.77. The number of primary amides is 1. The van der Waals surface area contributed by atoms with Crippen LogP contribution in [0.4, 0.5) is 0 Å². The highest BCUT2D eigenvalue weighted by atomic mass is 31.2. The number of nitrogens with two attached hydrogens (primary N) is 1. The molecule has 49 heavy (non-hydrogen) atoms. The zero-order valence-electron chi connectivity index (χ0n) is 30.3. The number of carbonyl (C=O) groups is 2. The molecule has 0 saturated carbocycles. The summed E-state index contributed by atoms with van der Waals surface area (Å²) in [7, 11) is -2.54. The lowest BCUT2D eigenvalue weighted by molar-refractivity contribution is -0.766. The van der Waals surface area contributed by atoms with Gasteiger partial charge >= 0.3 is 7.82 Å². The second-order valence-electron chi connectivity index (χ2n) is 13.0. The van der Waals surface area contributed by atoms with Gasteiger partial charge in [-0.25, -0.2) is 4.57 Å². The minimum absolute atomic E-state index is 0.103. The largest absolute Gasteiger partial charge is 0.550 e. The first-order valence-corrected chi connectivity index (χ1v) is 19.4. The first kappa shape index (κ1) is 43.2. The Kier molecular flexibility index (Phi) is 20.7. The van der Waals surface area contributed by atoms with Crippen molar-refractivity contribution in [3.63, 3.8) is 0 Å². The van der Waals surface area contributed by atoms with Crippen LogP contribution in [0, 0.1) is 0 Å². The van der Waals surface area contributed by atoms with Crippen molar-refractivity contribution in [2.24, 2.45) is 5.73 Å². The van der Waals surface area contributed by atoms with E-state index in [9.17, 15) is 9.36 Å². The molecule has 1 aromatic heterocycles. The summed E-state index contributed by atoms with van der Waals surface area (Å²) in [4.78, 5) is 20.6. The van der Waals surface area contributed by atoms with Crippen LogP contribution in [-0.2, 0) is 41.9 Å². The minimum atomic E-state index is -3.83. The number of rotatable bonds is 25. The summed E-state index contributed by atoms with van der Waals surface area (Å²) < 4.78 is 55.3. The van der Waals surface area contributed by atoms with Gasteiger partial charge in [0, 0.05) is 32.4 Å². The molecule has 282 valence electrons. The molecule has 2 saturated heterocycles. The first-order valence-electron chi connectivity index (χ1n) is 17.9. The smallest absolute Gasteiger partial charge is 0.474 e. The van der Waals surface area contributed by atoms with Crippen LogP contribution in [0.2, 0.25) is 0 Å². The number of ether oxygens (including phenoxy) is 4. The zero-order valence-corrected chi connectivity index (χ0v) is 31.2. The lowest BCUT2D eigenvalue weighted by atomic mass is 10.0. The molecule has 0 radical (unpaired) electrons. The Labute approximate surface area is 293 Å². The maximum atomic E-state index is 13.1. The van der Waals surface area contributed by atoms with E-state index in [-0.39, 0.29) is 13.2 Å². The lowest BCUT2D eigenvalue weighted by Crippen LogP contribution is -2.46. The van der Waals surface area contributed by atoms with Gasteiger partial charge in [0.1, 0.15) is 17.8 Å². The summed E-state index contributed by atoms with van der Waals surface area (Å²) in [6.07, 6.45) is 18.9. The van der Waals surface area contributed by atoms with E-state index in [0.717, 1.165) is 20.0 Å². The predicted octanol–water partition coefficient (Wildman–Crippen LogP) is 5.53. The molecule has 5 atom stereocenters. The SMILES string of the molecule is CC(=O)[O-].CCCCCCCCCCCCCCCOCCCOP(=O)(OC)OCC1OC([n+]2cccc(C(N)=O)c2)C2OC(C)(C)OC12. The zero-order chi connectivity index (χ0) is 36.1. The number of aliphatic carboxylic acids is 1. The van der Waals surface area contributed by atoms with E-state index in [1.54, 1.807) is 29.1 Å². The van der Waals surface area contributed by atoms with E-state index in [1.165, 1.54) is 84.2 Å². The van der Waals surface area contributed by atoms with Crippen molar-refractivity contribution in [3.8, 4) is 0 Å². The van der Waals surface area contributed by atoms with Crippen LogP contribution >= 0.6 is 7.82 Å². The van der Waals surface area contributed by atoms with Crippen molar-refractivity contribution >= 4 is 19.7 Å². The molecule has 0 aromatic carbocycles. The molecule has 14 heteroatoms. The number of carboxylic acids is 1. The van der Waals surface area contributed by atoms with Crippen molar-refractivity contribution in [1.29, 1.82) is 0 Å². The van der Waals surface area contributed by atoms with Gasteiger partial charge in [-0.05, 0) is 39.7 Å². The highest BCUT2D eigenvalue weighted by Gasteiger charge is 2.59. The molecule has 0 aliphatic carbocycles. The fraction of sp³-hybridized carbons (Fsp3) is 0.800. The summed E-state index contributed by atoms with van der Waals surface area (Å²) in [5.74, 6) is -2.49. The Hall–Kier alpha value is -1.96. The van der Waals surface area contributed by atoms with Crippen LogP contribution in [0.5, 0.6) is 0 Å². The highest BCUT2D eigenvalue weighted by molar-refractivity contribution is 7.48. The average molecular weight is 717 g/mol. The van der Waals surface area contributed by atoms with Gasteiger partial charge in [0.2, 0.25) is 0 Å². The van der Waals surface area contributed by atoms with E-state index >= 15 is 0 Å². The summed E-state index contributed by atoms with van der Waals surface area (Å²) in [6, 6.07) is 3.33. The number of unbranched alkanes of at least 4 members (excludes halogenated alkanes) is 12. The Morgan fingerprint density at radius 1 is 0.898 bits per heavy atom. The number of fused-ring (bicyclic) bond motifs is 1. The Morgan fingerprint density at radius 2 is 1.45 bits per heavy atom. The van der Waals surface area contributed by atoms with Crippen molar-refractivity contribution < 1.29 is 56.3 Å². The summed E-state index contributed by atoms with van der Waals surface area (Å²) in [6.45, 7) is 8.17. The fourth-order valence-electron chi connectivity index (χ4n) is 5.80. The summed E-state index contributed by atoms with van der Waals surface area (Å²) >= 11 is 0. The molecule has 2 aliphatic heterocycles. The van der Waals surface area contributed by atoms with Crippen LogP contribution in [-0.4, -0.2) is 69.5 Å². The van der Waals surface area contributed by atoms with Crippen molar-refractivity contribution in [1.82, 2.24) is 0 Å². The van der Waals surface area contributed by atoms with Crippen LogP contribution < -0.4 is 15.4 Å². The molecular weight excluding hydrogens is 655 g/mol. The minimum Gasteiger partial charge on any atom is -0.550 e. The van der Waals surface area contributed by atoms with Crippen molar-refractivity contribution in [3.05, 3.63) is 30.1 Å². The maximum absolute atomic E-state index is 13.1. The van der Waals surface area contributed by atoms with Crippen molar-refractivity contribution in [2.45, 2.75) is 148 Å². The second-order valence-corrected chi connectivity index (χ2v) is 14.8. The van der Waals surface area contributed by atoms with Crippen LogP contribution in [0.3, 0.4) is 0 Å². The molecule has 1 aromatic rings. The Bertz CT molecular complexity index is 1130. The standard InChI is InChI=1S/C33H57N2O9P.C2H4O2/c1-5-6-7-8-9-10-11-12-13-14-15-16-17-22-39-23-19-24-40-45(37,38-4)41-26-28-29-30(44-33(2,3)43-29)32(42-28)35-21-18-20-27(25-35)31(34)36;1-2(3)4/h18,20-21,25,28-30,32H,5-17,19,22-24,26H2,1-4H3,(H-,34,36);1H3,(H,3,4). The third kappa shape index (κ3) is 17.2. The molecule has 3 rings (SSSR count). The van der Waals surface area contributed by atoms with E-state index < -0.39 is 50.0 Å². The molecule has 0 spiro atoms. The monoisotopic (exact) mass is 716 g/mol. The molecule has 2 fully saturated rings. The van der Waals surface area contributed by atoms with E-state index in [2.05, 4.69) is 6.92 Å². The topological polar surface area (TPSA) is 169 Å². The van der Waals surface area contributed by atoms with Gasteiger partial charge < -0.3 is 34.6 Å². The maximum Gasteiger partial charge on any atom is 0.474 e. The Morgan fingerprint density at radius 3 is 2.02 bits per heavy atom. The second kappa shape index (κ2) is 23.5. The molecule has 5 unspecified atom stereocenters. The molecule has 13 nitrogen and oxygen atoms in total. The van der Waals surface area contributed by atoms with Gasteiger partial charge in [-0.3, -0.25) is 18.4 Å². The van der Waals surface area contributed by atoms with Gasteiger partial charge in [0.15, 0.2) is 24.3 Å². The normalized spacial score (nSPS) is 22.2.